The van der Waals surface area contributed by atoms with Crippen LogP contribution in [0.25, 0.3) is 11.0 Å². The number of anilines is 1. The highest BCUT2D eigenvalue weighted by Gasteiger charge is 2.42. The number of benzene rings is 2. The van der Waals surface area contributed by atoms with E-state index in [0.717, 1.165) is 0 Å². The van der Waals surface area contributed by atoms with Crippen LogP contribution in [0.4, 0.5) is 10.1 Å². The Morgan fingerprint density at radius 3 is 2.81 bits per heavy atom. The number of fused-ring (bicyclic) bond motifs is 1. The highest BCUT2D eigenvalue weighted by molar-refractivity contribution is 6.35. The Balaban J connectivity index is 1.41. The number of carbonyl (C=O) groups is 2. The Kier molecular flexibility index (Phi) is 6.22. The van der Waals surface area contributed by atoms with Gasteiger partial charge in [0.05, 0.1) is 28.8 Å². The van der Waals surface area contributed by atoms with E-state index in [9.17, 15) is 14.0 Å². The van der Waals surface area contributed by atoms with Gasteiger partial charge in [-0.1, -0.05) is 35.9 Å². The Morgan fingerprint density at radius 2 is 2.08 bits per heavy atom. The molecule has 1 aromatic heterocycles. The monoisotopic (exact) mass is 512 g/mol. The highest BCUT2D eigenvalue weighted by atomic mass is 35.5. The van der Waals surface area contributed by atoms with Crippen molar-refractivity contribution in [3.63, 3.8) is 0 Å². The summed E-state index contributed by atoms with van der Waals surface area (Å²) in [5.41, 5.74) is 6.15. The summed E-state index contributed by atoms with van der Waals surface area (Å²) in [6.45, 7) is 4.32. The third kappa shape index (κ3) is 4.33. The van der Waals surface area contributed by atoms with Crippen LogP contribution >= 0.6 is 11.6 Å². The molecule has 1 fully saturated rings. The summed E-state index contributed by atoms with van der Waals surface area (Å²) in [7, 11) is 0. The van der Waals surface area contributed by atoms with Crippen LogP contribution in [-0.2, 0) is 15.1 Å². The standard InChI is InChI=1S/C26H26ClFN4O4/c1-14-11-16(9-10-35-14)32-21(33)13-26(2,31-25(32)29)17-6-4-8-19(22(17)27)30-24(34)20-12-15-5-3-7-18(28)23(15)36-20/h3-8,12,14,16H,9-11,13H2,1-2H3,(H2,29,31)(H,30,34)/t14-,16-,26+/m1/s1. The van der Waals surface area contributed by atoms with Crippen molar-refractivity contribution in [3.8, 4) is 0 Å². The van der Waals surface area contributed by atoms with E-state index in [0.29, 0.717) is 36.1 Å². The summed E-state index contributed by atoms with van der Waals surface area (Å²) in [6, 6.07) is 10.9. The molecule has 0 aliphatic carbocycles. The molecule has 36 heavy (non-hydrogen) atoms. The summed E-state index contributed by atoms with van der Waals surface area (Å²) in [4.78, 5) is 32.4. The molecule has 3 aromatic rings. The first kappa shape index (κ1) is 24.3. The molecule has 2 aromatic carbocycles. The van der Waals surface area contributed by atoms with Gasteiger partial charge in [0.2, 0.25) is 5.91 Å². The van der Waals surface area contributed by atoms with Crippen LogP contribution in [0.5, 0.6) is 0 Å². The Bertz CT molecular complexity index is 1390. The Labute approximate surface area is 212 Å². The quantitative estimate of drug-likeness (QED) is 0.521. The Morgan fingerprint density at radius 1 is 1.31 bits per heavy atom. The van der Waals surface area contributed by atoms with Gasteiger partial charge in [-0.25, -0.2) is 9.38 Å². The van der Waals surface area contributed by atoms with Crippen LogP contribution in [0.3, 0.4) is 0 Å². The van der Waals surface area contributed by atoms with Crippen molar-refractivity contribution < 1.29 is 23.1 Å². The number of ether oxygens (including phenoxy) is 1. The molecule has 3 N–H and O–H groups in total. The fourth-order valence-corrected chi connectivity index (χ4v) is 5.35. The number of rotatable bonds is 4. The zero-order chi connectivity index (χ0) is 25.6. The van der Waals surface area contributed by atoms with Gasteiger partial charge in [-0.15, -0.1) is 0 Å². The van der Waals surface area contributed by atoms with Crippen LogP contribution in [0.2, 0.25) is 5.02 Å². The second kappa shape index (κ2) is 9.22. The highest BCUT2D eigenvalue weighted by Crippen LogP contribution is 2.41. The third-order valence-electron chi connectivity index (χ3n) is 6.74. The van der Waals surface area contributed by atoms with Gasteiger partial charge < -0.3 is 20.2 Å². The van der Waals surface area contributed by atoms with E-state index in [2.05, 4.69) is 5.32 Å². The summed E-state index contributed by atoms with van der Waals surface area (Å²) < 4.78 is 25.0. The second-order valence-electron chi connectivity index (χ2n) is 9.43. The molecular formula is C26H26ClFN4O4. The van der Waals surface area contributed by atoms with Crippen molar-refractivity contribution in [2.45, 2.75) is 50.8 Å². The molecule has 188 valence electrons. The van der Waals surface area contributed by atoms with Gasteiger partial charge in [0.1, 0.15) is 0 Å². The minimum absolute atomic E-state index is 0.00372. The maximum Gasteiger partial charge on any atom is 0.291 e. The van der Waals surface area contributed by atoms with Gasteiger partial charge in [0.25, 0.3) is 5.91 Å². The minimum atomic E-state index is -1.02. The van der Waals surface area contributed by atoms with Crippen molar-refractivity contribution in [2.24, 2.45) is 10.7 Å². The molecule has 8 nitrogen and oxygen atoms in total. The average Bonchev–Trinajstić information content (AvgIpc) is 3.26. The first-order valence-corrected chi connectivity index (χ1v) is 12.1. The van der Waals surface area contributed by atoms with Gasteiger partial charge >= 0.3 is 0 Å². The SMILES string of the molecule is C[C@@H]1C[C@H](N2C(=O)C[C@@](C)(c3cccc(NC(=O)c4cc5cccc(F)c5o4)c3Cl)N=C2N)CCO1. The number of guanidine groups is 1. The smallest absolute Gasteiger partial charge is 0.291 e. The molecule has 3 atom stereocenters. The first-order valence-electron chi connectivity index (χ1n) is 11.7. The van der Waals surface area contributed by atoms with E-state index in [1.807, 2.05) is 6.92 Å². The predicted molar refractivity (Wildman–Crippen MR) is 134 cm³/mol. The van der Waals surface area contributed by atoms with Crippen molar-refractivity contribution >= 4 is 46.0 Å². The van der Waals surface area contributed by atoms with E-state index in [1.165, 1.54) is 18.2 Å². The van der Waals surface area contributed by atoms with Gasteiger partial charge in [-0.2, -0.15) is 0 Å². The summed E-state index contributed by atoms with van der Waals surface area (Å²) in [5, 5.41) is 3.42. The number of amides is 2. The van der Waals surface area contributed by atoms with E-state index >= 15 is 0 Å². The van der Waals surface area contributed by atoms with E-state index in [-0.39, 0.29) is 46.8 Å². The van der Waals surface area contributed by atoms with Crippen molar-refractivity contribution in [2.75, 3.05) is 11.9 Å². The van der Waals surface area contributed by atoms with Gasteiger partial charge in [-0.05, 0) is 44.9 Å². The molecule has 0 unspecified atom stereocenters. The lowest BCUT2D eigenvalue weighted by Crippen LogP contribution is -2.56. The van der Waals surface area contributed by atoms with Crippen molar-refractivity contribution in [1.29, 1.82) is 0 Å². The number of hydrogen-bond donors (Lipinski definition) is 2. The molecule has 0 radical (unpaired) electrons. The fourth-order valence-electron chi connectivity index (χ4n) is 4.98. The molecule has 3 heterocycles. The molecule has 2 amide bonds. The van der Waals surface area contributed by atoms with Gasteiger partial charge in [-0.3, -0.25) is 14.5 Å². The van der Waals surface area contributed by atoms with E-state index in [1.54, 1.807) is 36.1 Å². The molecular weight excluding hydrogens is 487 g/mol. The first-order chi connectivity index (χ1) is 17.2. The largest absolute Gasteiger partial charge is 0.448 e. The molecule has 0 bridgehead atoms. The molecule has 5 rings (SSSR count). The van der Waals surface area contributed by atoms with E-state index < -0.39 is 17.3 Å². The van der Waals surface area contributed by atoms with Crippen LogP contribution in [0.1, 0.15) is 49.2 Å². The Hall–Kier alpha value is -3.43. The molecule has 0 saturated carbocycles. The zero-order valence-corrected chi connectivity index (χ0v) is 20.6. The van der Waals surface area contributed by atoms with Crippen LogP contribution < -0.4 is 11.1 Å². The number of nitrogens with one attached hydrogen (secondary N) is 1. The molecule has 1 saturated heterocycles. The lowest BCUT2D eigenvalue weighted by Gasteiger charge is -2.41. The number of nitrogens with zero attached hydrogens (tertiary/aromatic N) is 2. The normalized spacial score (nSPS) is 24.6. The number of furan rings is 1. The number of carbonyl (C=O) groups excluding carboxylic acids is 2. The van der Waals surface area contributed by atoms with E-state index in [4.69, 9.17) is 31.5 Å². The second-order valence-corrected chi connectivity index (χ2v) is 9.81. The predicted octanol–water partition coefficient (Wildman–Crippen LogP) is 4.81. The topological polar surface area (TPSA) is 110 Å². The molecule has 2 aliphatic rings. The number of hydrogen-bond acceptors (Lipinski definition) is 6. The minimum Gasteiger partial charge on any atom is -0.448 e. The molecule has 0 spiro atoms. The number of aliphatic imine (C=N–C) groups is 1. The van der Waals surface area contributed by atoms with Gasteiger partial charge in [0.15, 0.2) is 23.1 Å². The fraction of sp³-hybridized carbons (Fsp3) is 0.346. The molecule has 2 aliphatic heterocycles. The maximum atomic E-state index is 14.0. The van der Waals surface area contributed by atoms with Crippen LogP contribution in [0, 0.1) is 5.82 Å². The summed E-state index contributed by atoms with van der Waals surface area (Å²) in [5.74, 6) is -1.20. The number of halogens is 2. The summed E-state index contributed by atoms with van der Waals surface area (Å²) in [6.07, 6.45) is 1.49. The zero-order valence-electron chi connectivity index (χ0n) is 19.9. The molecule has 10 heteroatoms. The average molecular weight is 513 g/mol. The summed E-state index contributed by atoms with van der Waals surface area (Å²) >= 11 is 6.71. The lowest BCUT2D eigenvalue weighted by atomic mass is 9.86. The number of para-hydroxylation sites is 1. The lowest BCUT2D eigenvalue weighted by molar-refractivity contribution is -0.133. The van der Waals surface area contributed by atoms with Gasteiger partial charge in [0, 0.05) is 23.6 Å². The van der Waals surface area contributed by atoms with Crippen LogP contribution in [0.15, 0.2) is 51.9 Å². The maximum absolute atomic E-state index is 14.0. The van der Waals surface area contributed by atoms with Crippen molar-refractivity contribution in [3.05, 3.63) is 64.6 Å². The number of nitrogens with two attached hydrogens (primary N) is 1. The van der Waals surface area contributed by atoms with Crippen molar-refractivity contribution in [1.82, 2.24) is 4.90 Å². The van der Waals surface area contributed by atoms with Crippen LogP contribution in [-0.4, -0.2) is 41.4 Å². The third-order valence-corrected chi connectivity index (χ3v) is 7.15.